The molecule has 1 saturated heterocycles. The molecule has 1 aliphatic heterocycles. The number of nitrogens with zero attached hydrogens (tertiary/aromatic N) is 3. The molecule has 1 fully saturated rings. The zero-order chi connectivity index (χ0) is 18.0. The fraction of sp³-hybridized carbons (Fsp3) is 0.444. The molecule has 3 rings (SSSR count). The van der Waals surface area contributed by atoms with Crippen molar-refractivity contribution in [1.29, 1.82) is 10.0 Å². The van der Waals surface area contributed by atoms with Crippen molar-refractivity contribution in [3.8, 4) is 11.8 Å². The predicted molar refractivity (Wildman–Crippen MR) is 99.6 cm³/mol. The van der Waals surface area contributed by atoms with E-state index in [4.69, 9.17) is 9.52 Å². The Bertz CT molecular complexity index is 926. The van der Waals surface area contributed by atoms with Gasteiger partial charge in [0.15, 0.2) is 0 Å². The van der Waals surface area contributed by atoms with Gasteiger partial charge in [-0.25, -0.2) is 0 Å². The summed E-state index contributed by atoms with van der Waals surface area (Å²) in [5.41, 5.74) is 2.20. The number of pyridine rings is 1. The Balaban J connectivity index is 1.95. The van der Waals surface area contributed by atoms with E-state index in [1.54, 1.807) is 13.3 Å². The summed E-state index contributed by atoms with van der Waals surface area (Å²) in [6, 6.07) is 7.99. The Hall–Kier alpha value is -2.33. The first-order valence-electron chi connectivity index (χ1n) is 8.25. The van der Waals surface area contributed by atoms with Gasteiger partial charge in [0.05, 0.1) is 18.4 Å². The molecule has 0 saturated carbocycles. The van der Waals surface area contributed by atoms with E-state index >= 15 is 0 Å². The number of piperidine rings is 1. The van der Waals surface area contributed by atoms with Crippen LogP contribution in [0.5, 0.6) is 5.75 Å². The summed E-state index contributed by atoms with van der Waals surface area (Å²) in [4.78, 5) is 6.61. The lowest BCUT2D eigenvalue weighted by Gasteiger charge is -2.34. The summed E-state index contributed by atoms with van der Waals surface area (Å²) in [7, 11) is -0.846. The number of ether oxygens (including phenoxy) is 1. The summed E-state index contributed by atoms with van der Waals surface area (Å²) in [6.45, 7) is 1.57. The van der Waals surface area contributed by atoms with Crippen LogP contribution in [-0.4, -0.2) is 41.4 Å². The Morgan fingerprint density at radius 1 is 1.44 bits per heavy atom. The maximum absolute atomic E-state index is 11.7. The Morgan fingerprint density at radius 3 is 2.76 bits per heavy atom. The first-order chi connectivity index (χ1) is 11.9. The van der Waals surface area contributed by atoms with Gasteiger partial charge in [-0.2, -0.15) is 5.26 Å². The van der Waals surface area contributed by atoms with Crippen LogP contribution in [0.1, 0.15) is 18.4 Å². The lowest BCUT2D eigenvalue weighted by Crippen LogP contribution is -2.36. The third kappa shape index (κ3) is 3.69. The molecule has 7 heteroatoms. The third-order valence-electron chi connectivity index (χ3n) is 4.66. The van der Waals surface area contributed by atoms with Gasteiger partial charge < -0.3 is 9.64 Å². The SMILES string of the molecule is COc1cccc2c(N3CCC(C[S@@](C)(=N)=O)CC3)c(C#N)cnc12. The fourth-order valence-electron chi connectivity index (χ4n) is 3.54. The minimum Gasteiger partial charge on any atom is -0.494 e. The van der Waals surface area contributed by atoms with Crippen molar-refractivity contribution in [2.75, 3.05) is 37.1 Å². The Morgan fingerprint density at radius 2 is 2.16 bits per heavy atom. The normalized spacial score (nSPS) is 17.9. The van der Waals surface area contributed by atoms with Crippen LogP contribution in [0, 0.1) is 22.0 Å². The molecule has 0 bridgehead atoms. The van der Waals surface area contributed by atoms with Gasteiger partial charge in [0.2, 0.25) is 0 Å². The van der Waals surface area contributed by atoms with E-state index in [2.05, 4.69) is 16.0 Å². The summed E-state index contributed by atoms with van der Waals surface area (Å²) in [6.07, 6.45) is 4.87. The van der Waals surface area contributed by atoms with Crippen LogP contribution in [0.3, 0.4) is 0 Å². The minimum absolute atomic E-state index is 0.305. The molecule has 1 aliphatic rings. The zero-order valence-electron chi connectivity index (χ0n) is 14.5. The van der Waals surface area contributed by atoms with Crippen LogP contribution in [0.25, 0.3) is 10.9 Å². The monoisotopic (exact) mass is 358 g/mol. The zero-order valence-corrected chi connectivity index (χ0v) is 15.3. The quantitative estimate of drug-likeness (QED) is 0.907. The molecule has 1 aromatic carbocycles. The smallest absolute Gasteiger partial charge is 0.145 e. The number of fused-ring (bicyclic) bond motifs is 1. The molecule has 6 nitrogen and oxygen atoms in total. The first-order valence-corrected chi connectivity index (χ1v) is 10.4. The first kappa shape index (κ1) is 17.5. The van der Waals surface area contributed by atoms with Crippen molar-refractivity contribution in [3.05, 3.63) is 30.0 Å². The number of benzene rings is 1. The molecule has 0 unspecified atom stereocenters. The third-order valence-corrected chi connectivity index (χ3v) is 5.76. The average Bonchev–Trinajstić information content (AvgIpc) is 2.59. The molecule has 132 valence electrons. The van der Waals surface area contributed by atoms with E-state index in [9.17, 15) is 9.47 Å². The molecule has 1 aromatic heterocycles. The van der Waals surface area contributed by atoms with Crippen molar-refractivity contribution in [3.63, 3.8) is 0 Å². The number of rotatable bonds is 4. The van der Waals surface area contributed by atoms with Gasteiger partial charge in [0.25, 0.3) is 0 Å². The Labute approximate surface area is 148 Å². The van der Waals surface area contributed by atoms with Crippen LogP contribution in [0.15, 0.2) is 24.4 Å². The molecule has 1 atom stereocenters. The highest BCUT2D eigenvalue weighted by molar-refractivity contribution is 7.91. The van der Waals surface area contributed by atoms with E-state index in [1.807, 2.05) is 18.2 Å². The topological polar surface area (TPSA) is 90.1 Å². The Kier molecular flexibility index (Phi) is 4.82. The number of para-hydroxylation sites is 1. The van der Waals surface area contributed by atoms with Crippen LogP contribution in [0.4, 0.5) is 5.69 Å². The number of hydrogen-bond acceptors (Lipinski definition) is 6. The van der Waals surface area contributed by atoms with E-state index < -0.39 is 9.73 Å². The maximum atomic E-state index is 11.7. The van der Waals surface area contributed by atoms with Crippen molar-refractivity contribution < 1.29 is 8.95 Å². The fourth-order valence-corrected chi connectivity index (χ4v) is 4.78. The largest absolute Gasteiger partial charge is 0.494 e. The van der Waals surface area contributed by atoms with Crippen molar-refractivity contribution in [1.82, 2.24) is 4.98 Å². The molecule has 2 aromatic rings. The van der Waals surface area contributed by atoms with Crippen molar-refractivity contribution in [2.24, 2.45) is 5.92 Å². The molecule has 0 spiro atoms. The van der Waals surface area contributed by atoms with Crippen LogP contribution in [0.2, 0.25) is 0 Å². The summed E-state index contributed by atoms with van der Waals surface area (Å²) in [5.74, 6) is 1.45. The highest BCUT2D eigenvalue weighted by Gasteiger charge is 2.25. The van der Waals surface area contributed by atoms with E-state index in [0.29, 0.717) is 23.0 Å². The van der Waals surface area contributed by atoms with Crippen LogP contribution < -0.4 is 9.64 Å². The highest BCUT2D eigenvalue weighted by atomic mass is 32.2. The van der Waals surface area contributed by atoms with Gasteiger partial charge >= 0.3 is 0 Å². The van der Waals surface area contributed by atoms with Gasteiger partial charge in [-0.15, -0.1) is 0 Å². The second-order valence-corrected chi connectivity index (χ2v) is 8.93. The van der Waals surface area contributed by atoms with Gasteiger partial charge in [-0.05, 0) is 24.8 Å². The van der Waals surface area contributed by atoms with Gasteiger partial charge in [0, 0.05) is 46.4 Å². The summed E-state index contributed by atoms with van der Waals surface area (Å²) in [5, 5.41) is 10.4. The number of methoxy groups -OCH3 is 1. The number of nitriles is 1. The molecule has 2 heterocycles. The number of anilines is 1. The van der Waals surface area contributed by atoms with Gasteiger partial charge in [-0.1, -0.05) is 12.1 Å². The van der Waals surface area contributed by atoms with E-state index in [-0.39, 0.29) is 0 Å². The number of aromatic nitrogens is 1. The standard InChI is InChI=1S/C18H22N4O2S/c1-24-16-5-3-4-15-17(16)21-11-14(10-19)18(15)22-8-6-13(7-9-22)12-25(2,20)23/h3-5,11,13,20H,6-9,12H2,1-2H3/t25-/m0/s1. The van der Waals surface area contributed by atoms with E-state index in [1.165, 1.54) is 6.26 Å². The number of nitrogens with one attached hydrogen (secondary N) is 1. The number of hydrogen-bond donors (Lipinski definition) is 1. The minimum atomic E-state index is -2.46. The summed E-state index contributed by atoms with van der Waals surface area (Å²) >= 11 is 0. The molecular formula is C18H22N4O2S. The van der Waals surface area contributed by atoms with Gasteiger partial charge in [-0.3, -0.25) is 14.0 Å². The lowest BCUT2D eigenvalue weighted by atomic mass is 9.97. The maximum Gasteiger partial charge on any atom is 0.145 e. The van der Waals surface area contributed by atoms with Crippen molar-refractivity contribution >= 4 is 26.3 Å². The molecule has 0 radical (unpaired) electrons. The molecule has 0 amide bonds. The molecule has 25 heavy (non-hydrogen) atoms. The van der Waals surface area contributed by atoms with E-state index in [0.717, 1.165) is 42.5 Å². The molecule has 1 N–H and O–H groups in total. The summed E-state index contributed by atoms with van der Waals surface area (Å²) < 4.78 is 24.8. The van der Waals surface area contributed by atoms with Gasteiger partial charge in [0.1, 0.15) is 17.3 Å². The second-order valence-electron chi connectivity index (χ2n) is 6.59. The average molecular weight is 358 g/mol. The predicted octanol–water partition coefficient (Wildman–Crippen LogP) is 3.01. The van der Waals surface area contributed by atoms with Crippen LogP contribution >= 0.6 is 0 Å². The highest BCUT2D eigenvalue weighted by Crippen LogP contribution is 2.35. The van der Waals surface area contributed by atoms with Crippen LogP contribution in [-0.2, 0) is 9.73 Å². The lowest BCUT2D eigenvalue weighted by molar-refractivity contribution is 0.419. The second kappa shape index (κ2) is 6.89. The molecule has 0 aliphatic carbocycles. The van der Waals surface area contributed by atoms with Crippen molar-refractivity contribution in [2.45, 2.75) is 12.8 Å². The molecular weight excluding hydrogens is 336 g/mol.